The van der Waals surface area contributed by atoms with Crippen molar-refractivity contribution in [3.05, 3.63) is 0 Å². The van der Waals surface area contributed by atoms with E-state index in [9.17, 15) is 0 Å². The van der Waals surface area contributed by atoms with Crippen LogP contribution in [-0.2, 0) is 72.5 Å². The number of hydrogen-bond acceptors (Lipinski definition) is 0. The van der Waals surface area contributed by atoms with Crippen molar-refractivity contribution < 1.29 is 150 Å². The maximum atomic E-state index is 0. The zero-order valence-electron chi connectivity index (χ0n) is 5.54. The van der Waals surface area contributed by atoms with Crippen molar-refractivity contribution in [3.8, 4) is 0 Å². The molecule has 0 N–H and O–H groups in total. The molecule has 0 aromatic rings. The summed E-state index contributed by atoms with van der Waals surface area (Å²) in [6.07, 6.45) is 0. The van der Waals surface area contributed by atoms with Crippen LogP contribution in [0.5, 0.6) is 0 Å². The molecule has 0 aromatic carbocycles. The van der Waals surface area contributed by atoms with E-state index in [1.807, 2.05) is 0 Å². The fourth-order valence-electron chi connectivity index (χ4n) is 0. The van der Waals surface area contributed by atoms with Crippen LogP contribution in [0.1, 0.15) is 0 Å². The maximum Gasteiger partial charge on any atom is 3.00 e. The molecule has 0 aliphatic heterocycles. The molecule has 0 aliphatic carbocycles. The molecule has 13 heteroatoms. The average molecular weight is 832 g/mol. The van der Waals surface area contributed by atoms with Crippen LogP contribution in [0.15, 0.2) is 0 Å². The van der Waals surface area contributed by atoms with E-state index in [2.05, 4.69) is 0 Å². The van der Waals surface area contributed by atoms with Crippen LogP contribution in [-0.4, -0.2) is 97.8 Å². The van der Waals surface area contributed by atoms with Crippen molar-refractivity contribution in [1.82, 2.24) is 0 Å². The molecule has 0 aromatic heterocycles. The first kappa shape index (κ1) is 159. The Balaban J connectivity index is 0. The van der Waals surface area contributed by atoms with Crippen molar-refractivity contribution >= 4 is 97.8 Å². The predicted molar refractivity (Wildman–Crippen MR) is 16.3 cm³/mol. The molecule has 0 fully saturated rings. The first-order valence-corrected chi connectivity index (χ1v) is 0. The predicted octanol–water partition coefficient (Wildman–Crippen LogP) is -1.60. The SMILES string of the molecule is [Ba+2].[Ba+2].[Cu+2].[Cu+2].[O-2].[O-2].[O-2].[O-2].[O-2].[O-2].[O-2].[Tb+3].[Tb+3]. The minimum atomic E-state index is 0. The zero-order valence-corrected chi connectivity index (χ0v) is 20.6. The normalized spacial score (nSPS) is 0. The smallest absolute Gasteiger partial charge is 2.00 e. The summed E-state index contributed by atoms with van der Waals surface area (Å²) in [6, 6.07) is 0. The summed E-state index contributed by atoms with van der Waals surface area (Å²) in [5.41, 5.74) is 0. The largest absolute Gasteiger partial charge is 3.00 e. The Morgan fingerprint density at radius 3 is 0.308 bits per heavy atom. The van der Waals surface area contributed by atoms with Crippen LogP contribution >= 0.6 is 0 Å². The van der Waals surface area contributed by atoms with Crippen molar-refractivity contribution in [2.75, 3.05) is 0 Å². The Morgan fingerprint density at radius 2 is 0.308 bits per heavy atom. The van der Waals surface area contributed by atoms with Crippen molar-refractivity contribution in [1.29, 1.82) is 0 Å². The average Bonchev–Trinajstić information content (AvgIpc) is 0. The molecule has 86 valence electrons. The molecule has 0 unspecified atom stereocenters. The summed E-state index contributed by atoms with van der Waals surface area (Å²) < 4.78 is 0. The van der Waals surface area contributed by atoms with Gasteiger partial charge in [-0.2, -0.15) is 0 Å². The summed E-state index contributed by atoms with van der Waals surface area (Å²) in [5.74, 6) is 0. The van der Waals surface area contributed by atoms with Gasteiger partial charge in [0.25, 0.3) is 0 Å². The monoisotopic (exact) mass is 831 g/mol. The second-order valence-electron chi connectivity index (χ2n) is 0. The van der Waals surface area contributed by atoms with Gasteiger partial charge in [-0.15, -0.1) is 0 Å². The summed E-state index contributed by atoms with van der Waals surface area (Å²) in [7, 11) is 0. The molecule has 0 bridgehead atoms. The van der Waals surface area contributed by atoms with E-state index in [1.165, 1.54) is 0 Å². The van der Waals surface area contributed by atoms with Gasteiger partial charge in [0.1, 0.15) is 0 Å². The molecule has 0 spiro atoms. The van der Waals surface area contributed by atoms with E-state index in [4.69, 9.17) is 0 Å². The summed E-state index contributed by atoms with van der Waals surface area (Å²) in [5, 5.41) is 0. The third kappa shape index (κ3) is 120. The van der Waals surface area contributed by atoms with Gasteiger partial charge in [0.15, 0.2) is 0 Å². The molecule has 0 saturated carbocycles. The Bertz CT molecular complexity index is 22.5. The van der Waals surface area contributed by atoms with Gasteiger partial charge in [0.2, 0.25) is 0 Å². The Labute approximate surface area is 240 Å². The molecule has 13 heavy (non-hydrogen) atoms. The molecule has 0 atom stereocenters. The Kier molecular flexibility index (Phi) is 1640. The number of rotatable bonds is 0. The summed E-state index contributed by atoms with van der Waals surface area (Å²) in [4.78, 5) is 0. The van der Waals surface area contributed by atoms with Crippen molar-refractivity contribution in [2.45, 2.75) is 0 Å². The molecule has 0 saturated heterocycles. The topological polar surface area (TPSA) is 200 Å². The second-order valence-corrected chi connectivity index (χ2v) is 0. The third-order valence-corrected chi connectivity index (χ3v) is 0. The minimum Gasteiger partial charge on any atom is -2.00 e. The van der Waals surface area contributed by atoms with E-state index < -0.39 is 0 Å². The Hall–Kier alpha value is 6.47. The van der Waals surface area contributed by atoms with E-state index in [0.717, 1.165) is 0 Å². The van der Waals surface area contributed by atoms with E-state index >= 15 is 0 Å². The molecule has 2 radical (unpaired) electrons. The third-order valence-electron chi connectivity index (χ3n) is 0. The van der Waals surface area contributed by atoms with Crippen molar-refractivity contribution in [2.24, 2.45) is 0 Å². The standard InChI is InChI=1S/2Ba.2Cu.7O.2Tb/q4*+2;7*-2;2*+3. The Morgan fingerprint density at radius 1 is 0.308 bits per heavy atom. The molecule has 0 amide bonds. The summed E-state index contributed by atoms with van der Waals surface area (Å²) >= 11 is 0. The van der Waals surface area contributed by atoms with Gasteiger partial charge < -0.3 is 38.3 Å². The molecule has 0 heterocycles. The molecule has 0 rings (SSSR count). The van der Waals surface area contributed by atoms with Crippen LogP contribution in [0.2, 0.25) is 0 Å². The first-order chi connectivity index (χ1) is 0. The van der Waals surface area contributed by atoms with Crippen molar-refractivity contribution in [3.63, 3.8) is 0 Å². The van der Waals surface area contributed by atoms with E-state index in [1.54, 1.807) is 0 Å². The van der Waals surface area contributed by atoms with Crippen LogP contribution in [0.25, 0.3) is 0 Å². The molecular formula is Ba2Cu2O7Tb2. The van der Waals surface area contributed by atoms with E-state index in [-0.39, 0.29) is 247 Å². The van der Waals surface area contributed by atoms with Gasteiger partial charge in [-0.1, -0.05) is 0 Å². The minimum absolute atomic E-state index is 0. The van der Waals surface area contributed by atoms with E-state index in [0.29, 0.717) is 0 Å². The molecule has 0 aliphatic rings. The van der Waals surface area contributed by atoms with Crippen LogP contribution in [0, 0.1) is 77.2 Å². The van der Waals surface area contributed by atoms with Gasteiger partial charge in [0.05, 0.1) is 0 Å². The van der Waals surface area contributed by atoms with Gasteiger partial charge >= 0.3 is 209 Å². The van der Waals surface area contributed by atoms with Crippen LogP contribution in [0.4, 0.5) is 0 Å². The van der Waals surface area contributed by atoms with Crippen LogP contribution in [0.3, 0.4) is 0 Å². The van der Waals surface area contributed by atoms with Crippen LogP contribution < -0.4 is 0 Å². The maximum absolute atomic E-state index is 0. The van der Waals surface area contributed by atoms with Gasteiger partial charge in [0, 0.05) is 0 Å². The van der Waals surface area contributed by atoms with Gasteiger partial charge in [-0.25, -0.2) is 0 Å². The summed E-state index contributed by atoms with van der Waals surface area (Å²) in [6.45, 7) is 0. The quantitative estimate of drug-likeness (QED) is 0.254. The fourth-order valence-corrected chi connectivity index (χ4v) is 0. The van der Waals surface area contributed by atoms with Gasteiger partial charge in [-0.3, -0.25) is 0 Å². The van der Waals surface area contributed by atoms with Gasteiger partial charge in [-0.05, 0) is 0 Å². The zero-order chi connectivity index (χ0) is 0. The second kappa shape index (κ2) is 135. The molecular weight excluding hydrogens is 832 g/mol. The fraction of sp³-hybridized carbons (Fsp3) is 0. The molecule has 7 nitrogen and oxygen atoms in total. The first-order valence-electron chi connectivity index (χ1n) is 0. The number of hydrogen-bond donors (Lipinski definition) is 0.